The molecule has 0 spiro atoms. The lowest BCUT2D eigenvalue weighted by Crippen LogP contribution is -2.02. The van der Waals surface area contributed by atoms with Crippen LogP contribution in [0.2, 0.25) is 0 Å². The summed E-state index contributed by atoms with van der Waals surface area (Å²) < 4.78 is 5.19. The number of ether oxygens (including phenoxy) is 1. The number of nitro benzene ring substituents is 1. The molecule has 0 aliphatic rings. The summed E-state index contributed by atoms with van der Waals surface area (Å²) in [4.78, 5) is 27.1. The highest BCUT2D eigenvalue weighted by molar-refractivity contribution is 5.58. The fraction of sp³-hybridized carbons (Fsp3) is 0. The number of nitrogens with two attached hydrogens (primary N) is 1. The molecule has 10 nitrogen and oxygen atoms in total. The first kappa shape index (κ1) is 13.1. The van der Waals surface area contributed by atoms with E-state index in [1.807, 2.05) is 0 Å². The molecule has 10 heteroatoms. The molecule has 0 saturated heterocycles. The van der Waals surface area contributed by atoms with Crippen LogP contribution >= 0.6 is 0 Å². The van der Waals surface area contributed by atoms with Gasteiger partial charge in [0.25, 0.3) is 5.69 Å². The lowest BCUT2D eigenvalue weighted by molar-refractivity contribution is -0.385. The summed E-state index contributed by atoms with van der Waals surface area (Å²) in [5, 5.41) is 21.3. The first-order valence-corrected chi connectivity index (χ1v) is 5.16. The minimum absolute atomic E-state index is 0.131. The number of benzene rings is 1. The largest absolute Gasteiger partial charge is 0.434 e. The molecule has 0 bridgehead atoms. The third kappa shape index (κ3) is 2.58. The zero-order valence-corrected chi connectivity index (χ0v) is 9.79. The maximum Gasteiger partial charge on any atom is 0.372 e. The molecular weight excluding hydrogens is 270 g/mol. The smallest absolute Gasteiger partial charge is 0.372 e. The Labute approximate surface area is 111 Å². The van der Waals surface area contributed by atoms with Crippen molar-refractivity contribution in [2.45, 2.75) is 0 Å². The SMILES string of the molecule is Nc1ncnc(Oc2ccc([N+](=O)[O-])cc2)c1[N+](=O)[O-]. The minimum atomic E-state index is -0.768. The molecule has 1 aromatic carbocycles. The van der Waals surface area contributed by atoms with Crippen LogP contribution in [0.5, 0.6) is 11.6 Å². The Balaban J connectivity index is 2.33. The molecule has 0 atom stereocenters. The first-order chi connectivity index (χ1) is 9.49. The lowest BCUT2D eigenvalue weighted by Gasteiger charge is -2.05. The van der Waals surface area contributed by atoms with Gasteiger partial charge >= 0.3 is 11.6 Å². The van der Waals surface area contributed by atoms with Crippen LogP contribution in [0.25, 0.3) is 0 Å². The van der Waals surface area contributed by atoms with Gasteiger partial charge in [0.15, 0.2) is 0 Å². The van der Waals surface area contributed by atoms with Gasteiger partial charge in [-0.25, -0.2) is 4.98 Å². The van der Waals surface area contributed by atoms with E-state index in [1.54, 1.807) is 0 Å². The molecule has 0 radical (unpaired) electrons. The minimum Gasteiger partial charge on any atom is -0.434 e. The number of nitro groups is 2. The van der Waals surface area contributed by atoms with Gasteiger partial charge in [-0.15, -0.1) is 0 Å². The Kier molecular flexibility index (Phi) is 3.37. The van der Waals surface area contributed by atoms with E-state index >= 15 is 0 Å². The molecule has 2 rings (SSSR count). The molecule has 1 heterocycles. The fourth-order valence-corrected chi connectivity index (χ4v) is 1.37. The van der Waals surface area contributed by atoms with E-state index in [4.69, 9.17) is 10.5 Å². The number of nitrogens with zero attached hydrogens (tertiary/aromatic N) is 4. The average Bonchev–Trinajstić information content (AvgIpc) is 2.39. The fourth-order valence-electron chi connectivity index (χ4n) is 1.37. The van der Waals surface area contributed by atoms with E-state index in [9.17, 15) is 20.2 Å². The Hall–Kier alpha value is -3.30. The summed E-state index contributed by atoms with van der Waals surface area (Å²) in [6, 6.07) is 4.98. The van der Waals surface area contributed by atoms with Gasteiger partial charge < -0.3 is 10.5 Å². The van der Waals surface area contributed by atoms with Crippen LogP contribution in [-0.2, 0) is 0 Å². The van der Waals surface area contributed by atoms with E-state index in [1.165, 1.54) is 24.3 Å². The summed E-state index contributed by atoms with van der Waals surface area (Å²) in [6.07, 6.45) is 1.02. The predicted octanol–water partition coefficient (Wildman–Crippen LogP) is 1.67. The van der Waals surface area contributed by atoms with Gasteiger partial charge in [0, 0.05) is 12.1 Å². The second-order valence-electron chi connectivity index (χ2n) is 3.52. The molecule has 0 aliphatic carbocycles. The highest BCUT2D eigenvalue weighted by atomic mass is 16.6. The van der Waals surface area contributed by atoms with Crippen molar-refractivity contribution in [3.8, 4) is 11.6 Å². The number of hydrogen-bond acceptors (Lipinski definition) is 8. The number of nitrogen functional groups attached to an aromatic ring is 1. The molecule has 0 aliphatic heterocycles. The highest BCUT2D eigenvalue weighted by Gasteiger charge is 2.23. The highest BCUT2D eigenvalue weighted by Crippen LogP contribution is 2.32. The maximum atomic E-state index is 10.9. The monoisotopic (exact) mass is 277 g/mol. The summed E-state index contributed by atoms with van der Waals surface area (Å²) in [7, 11) is 0. The Morgan fingerprint density at radius 3 is 2.25 bits per heavy atom. The van der Waals surface area contributed by atoms with E-state index in [-0.39, 0.29) is 23.1 Å². The molecule has 102 valence electrons. The second-order valence-corrected chi connectivity index (χ2v) is 3.52. The molecule has 0 fully saturated rings. The van der Waals surface area contributed by atoms with E-state index in [0.29, 0.717) is 0 Å². The van der Waals surface area contributed by atoms with Crippen molar-refractivity contribution in [2.24, 2.45) is 0 Å². The van der Waals surface area contributed by atoms with Crippen LogP contribution in [0.4, 0.5) is 17.2 Å². The van der Waals surface area contributed by atoms with Gasteiger partial charge in [-0.3, -0.25) is 20.2 Å². The molecule has 1 aromatic heterocycles. The number of hydrogen-bond donors (Lipinski definition) is 1. The van der Waals surface area contributed by atoms with Gasteiger partial charge in [0.05, 0.1) is 9.85 Å². The Morgan fingerprint density at radius 1 is 1.05 bits per heavy atom. The summed E-state index contributed by atoms with van der Waals surface area (Å²) in [5.41, 5.74) is 4.68. The molecule has 0 amide bonds. The zero-order valence-electron chi connectivity index (χ0n) is 9.79. The molecular formula is C10H7N5O5. The van der Waals surface area contributed by atoms with Crippen molar-refractivity contribution >= 4 is 17.2 Å². The molecule has 2 aromatic rings. The number of rotatable bonds is 4. The standard InChI is InChI=1S/C10H7N5O5/c11-9-8(15(18)19)10(13-5-12-9)20-7-3-1-6(2-4-7)14(16)17/h1-5H,(H2,11,12,13). The second kappa shape index (κ2) is 5.14. The van der Waals surface area contributed by atoms with Crippen molar-refractivity contribution in [1.29, 1.82) is 0 Å². The maximum absolute atomic E-state index is 10.9. The van der Waals surface area contributed by atoms with Crippen molar-refractivity contribution < 1.29 is 14.6 Å². The van der Waals surface area contributed by atoms with Crippen LogP contribution < -0.4 is 10.5 Å². The van der Waals surface area contributed by atoms with Gasteiger partial charge in [0.1, 0.15) is 12.1 Å². The summed E-state index contributed by atoms with van der Waals surface area (Å²) in [6.45, 7) is 0. The van der Waals surface area contributed by atoms with E-state index in [0.717, 1.165) is 6.33 Å². The van der Waals surface area contributed by atoms with E-state index in [2.05, 4.69) is 9.97 Å². The zero-order chi connectivity index (χ0) is 14.7. The van der Waals surface area contributed by atoms with Gasteiger partial charge in [0.2, 0.25) is 5.82 Å². The topological polar surface area (TPSA) is 147 Å². The number of aromatic nitrogens is 2. The van der Waals surface area contributed by atoms with Crippen molar-refractivity contribution in [2.75, 3.05) is 5.73 Å². The van der Waals surface area contributed by atoms with Gasteiger partial charge in [-0.2, -0.15) is 4.98 Å². The van der Waals surface area contributed by atoms with Crippen LogP contribution in [0.3, 0.4) is 0 Å². The molecule has 2 N–H and O–H groups in total. The molecule has 20 heavy (non-hydrogen) atoms. The third-order valence-corrected chi connectivity index (χ3v) is 2.26. The Morgan fingerprint density at radius 2 is 1.70 bits per heavy atom. The lowest BCUT2D eigenvalue weighted by atomic mass is 10.3. The number of anilines is 1. The van der Waals surface area contributed by atoms with Gasteiger partial charge in [-0.1, -0.05) is 0 Å². The quantitative estimate of drug-likeness (QED) is 0.655. The predicted molar refractivity (Wildman–Crippen MR) is 66.3 cm³/mol. The third-order valence-electron chi connectivity index (χ3n) is 2.26. The molecule has 0 unspecified atom stereocenters. The summed E-state index contributed by atoms with van der Waals surface area (Å²) in [5.74, 6) is -0.518. The van der Waals surface area contributed by atoms with E-state index < -0.39 is 15.5 Å². The van der Waals surface area contributed by atoms with Crippen molar-refractivity contribution in [3.05, 3.63) is 50.8 Å². The van der Waals surface area contributed by atoms with Crippen molar-refractivity contribution in [3.63, 3.8) is 0 Å². The van der Waals surface area contributed by atoms with Crippen LogP contribution in [0, 0.1) is 20.2 Å². The van der Waals surface area contributed by atoms with Crippen LogP contribution in [0.1, 0.15) is 0 Å². The van der Waals surface area contributed by atoms with Crippen molar-refractivity contribution in [1.82, 2.24) is 9.97 Å². The normalized spacial score (nSPS) is 10.0. The van der Waals surface area contributed by atoms with Crippen LogP contribution in [-0.4, -0.2) is 19.8 Å². The average molecular weight is 277 g/mol. The molecule has 0 saturated carbocycles. The first-order valence-electron chi connectivity index (χ1n) is 5.16. The van der Waals surface area contributed by atoms with Gasteiger partial charge in [-0.05, 0) is 12.1 Å². The number of non-ortho nitro benzene ring substituents is 1. The summed E-state index contributed by atoms with van der Waals surface area (Å²) >= 11 is 0. The van der Waals surface area contributed by atoms with Crippen LogP contribution in [0.15, 0.2) is 30.6 Å². The Bertz CT molecular complexity index is 672.